The summed E-state index contributed by atoms with van der Waals surface area (Å²) in [4.78, 5) is 20.3. The lowest BCUT2D eigenvalue weighted by molar-refractivity contribution is -0.127. The van der Waals surface area contributed by atoms with Crippen LogP contribution in [-0.4, -0.2) is 28.5 Å². The number of aryl methyl sites for hydroxylation is 2. The third-order valence-electron chi connectivity index (χ3n) is 6.87. The largest absolute Gasteiger partial charge is 0.494 e. The highest BCUT2D eigenvalue weighted by molar-refractivity contribution is 5.85. The van der Waals surface area contributed by atoms with Crippen LogP contribution in [0.4, 0.5) is 0 Å². The summed E-state index contributed by atoms with van der Waals surface area (Å²) in [6, 6.07) is 16.5. The van der Waals surface area contributed by atoms with Crippen LogP contribution in [0.3, 0.4) is 0 Å². The van der Waals surface area contributed by atoms with Gasteiger partial charge in [0, 0.05) is 29.2 Å². The lowest BCUT2D eigenvalue weighted by atomic mass is 9.81. The Morgan fingerprint density at radius 2 is 1.97 bits per heavy atom. The van der Waals surface area contributed by atoms with E-state index < -0.39 is 0 Å². The van der Waals surface area contributed by atoms with Gasteiger partial charge in [0.2, 0.25) is 0 Å². The zero-order chi connectivity index (χ0) is 25.5. The molecule has 1 aliphatic rings. The van der Waals surface area contributed by atoms with Gasteiger partial charge in [-0.25, -0.2) is 4.98 Å². The Balaban J connectivity index is 1.44. The molecule has 4 rings (SSSR count). The molecular formula is C31H38N2O3. The van der Waals surface area contributed by atoms with Crippen molar-refractivity contribution in [3.63, 3.8) is 0 Å². The van der Waals surface area contributed by atoms with Crippen molar-refractivity contribution >= 4 is 17.4 Å². The first-order valence-corrected chi connectivity index (χ1v) is 13.1. The molecule has 5 heteroatoms. The fraction of sp³-hybridized carbons (Fsp3) is 0.419. The van der Waals surface area contributed by atoms with Crippen LogP contribution in [0.2, 0.25) is 0 Å². The number of H-pyrrole nitrogens is 1. The molecule has 0 radical (unpaired) electrons. The van der Waals surface area contributed by atoms with Crippen molar-refractivity contribution in [1.82, 2.24) is 9.97 Å². The van der Waals surface area contributed by atoms with Crippen molar-refractivity contribution in [2.24, 2.45) is 5.41 Å². The van der Waals surface area contributed by atoms with Crippen LogP contribution < -0.4 is 9.47 Å². The molecule has 2 aromatic carbocycles. The Bertz CT molecular complexity index is 1190. The van der Waals surface area contributed by atoms with Crippen LogP contribution in [0.15, 0.2) is 54.7 Å². The fourth-order valence-electron chi connectivity index (χ4n) is 4.66. The normalized spacial score (nSPS) is 15.1. The number of carbonyl (C=O) groups excluding carboxylic acids is 1. The molecule has 0 spiro atoms. The van der Waals surface area contributed by atoms with Gasteiger partial charge in [-0.3, -0.25) is 4.79 Å². The molecule has 3 aromatic rings. The zero-order valence-electron chi connectivity index (χ0n) is 22.0. The Kier molecular flexibility index (Phi) is 8.29. The van der Waals surface area contributed by atoms with Crippen molar-refractivity contribution < 1.29 is 14.3 Å². The van der Waals surface area contributed by atoms with Crippen molar-refractivity contribution in [3.8, 4) is 11.5 Å². The van der Waals surface area contributed by atoms with Gasteiger partial charge in [-0.15, -0.1) is 0 Å². The van der Waals surface area contributed by atoms with Gasteiger partial charge >= 0.3 is 0 Å². The maximum Gasteiger partial charge on any atom is 0.138 e. The molecule has 0 bridgehead atoms. The summed E-state index contributed by atoms with van der Waals surface area (Å²) < 4.78 is 12.5. The molecule has 1 aromatic heterocycles. The highest BCUT2D eigenvalue weighted by Gasteiger charge is 2.27. The number of hydrogen-bond acceptors (Lipinski definition) is 4. The van der Waals surface area contributed by atoms with Gasteiger partial charge in [0.25, 0.3) is 0 Å². The molecule has 1 aliphatic heterocycles. The minimum atomic E-state index is -0.295. The van der Waals surface area contributed by atoms with Gasteiger partial charge in [-0.2, -0.15) is 0 Å². The molecule has 1 unspecified atom stereocenters. The first kappa shape index (κ1) is 25.7. The predicted octanol–water partition coefficient (Wildman–Crippen LogP) is 7.21. The van der Waals surface area contributed by atoms with E-state index in [9.17, 15) is 4.79 Å². The maximum absolute atomic E-state index is 12.3. The second kappa shape index (κ2) is 11.6. The molecule has 0 saturated heterocycles. The fourth-order valence-corrected chi connectivity index (χ4v) is 4.66. The number of aromatic amines is 1. The number of fused-ring (bicyclic) bond motifs is 1. The monoisotopic (exact) mass is 486 g/mol. The van der Waals surface area contributed by atoms with E-state index in [-0.39, 0.29) is 11.5 Å². The number of nitrogens with one attached hydrogen (secondary N) is 1. The second-order valence-corrected chi connectivity index (χ2v) is 10.3. The Labute approximate surface area is 215 Å². The minimum absolute atomic E-state index is 0.0853. The van der Waals surface area contributed by atoms with Gasteiger partial charge in [-0.05, 0) is 68.9 Å². The molecule has 1 N–H and O–H groups in total. The maximum atomic E-state index is 12.3. The van der Waals surface area contributed by atoms with E-state index >= 15 is 0 Å². The molecule has 190 valence electrons. The van der Waals surface area contributed by atoms with Crippen molar-refractivity contribution in [1.29, 1.82) is 0 Å². The number of benzene rings is 2. The van der Waals surface area contributed by atoms with Gasteiger partial charge in [0.15, 0.2) is 0 Å². The third-order valence-corrected chi connectivity index (χ3v) is 6.87. The third kappa shape index (κ3) is 6.45. The summed E-state index contributed by atoms with van der Waals surface area (Å²) in [7, 11) is 0. The second-order valence-electron chi connectivity index (χ2n) is 10.3. The van der Waals surface area contributed by atoms with Crippen LogP contribution in [-0.2, 0) is 11.2 Å². The predicted molar refractivity (Wildman–Crippen MR) is 145 cm³/mol. The van der Waals surface area contributed by atoms with Crippen molar-refractivity contribution in [3.05, 3.63) is 77.4 Å². The van der Waals surface area contributed by atoms with E-state index in [0.29, 0.717) is 18.8 Å². The molecule has 0 fully saturated rings. The molecule has 0 aliphatic carbocycles. The standard InChI is InChI=1S/C31H38N2O3/c1-5-10-29(34)31(3,4)17-9-18-35-25-14-16-27-24(19-25)20-26(30-32-21-22(2)33-30)28(36-27)15-13-23-11-7-6-8-12-23/h6-8,11-12,14,16,19-21,28H,5,9-10,13,15,17-18H2,1-4H3,(H,32,33). The number of ether oxygens (including phenoxy) is 2. The van der Waals surface area contributed by atoms with E-state index in [2.05, 4.69) is 47.2 Å². The first-order chi connectivity index (χ1) is 17.4. The minimum Gasteiger partial charge on any atom is -0.494 e. The van der Waals surface area contributed by atoms with Crippen molar-refractivity contribution in [2.45, 2.75) is 72.3 Å². The zero-order valence-corrected chi connectivity index (χ0v) is 22.0. The summed E-state index contributed by atoms with van der Waals surface area (Å²) in [5.74, 6) is 2.85. The summed E-state index contributed by atoms with van der Waals surface area (Å²) >= 11 is 0. The molecular weight excluding hydrogens is 448 g/mol. The van der Waals surface area contributed by atoms with Crippen LogP contribution in [0.25, 0.3) is 11.6 Å². The smallest absolute Gasteiger partial charge is 0.138 e. The number of rotatable bonds is 12. The van der Waals surface area contributed by atoms with Crippen LogP contribution in [0, 0.1) is 12.3 Å². The number of Topliss-reactive ketones (excluding diaryl/α,β-unsaturated/α-hetero) is 1. The number of hydrogen-bond donors (Lipinski definition) is 1. The molecule has 1 atom stereocenters. The molecule has 5 nitrogen and oxygen atoms in total. The van der Waals surface area contributed by atoms with Gasteiger partial charge < -0.3 is 14.5 Å². The van der Waals surface area contributed by atoms with Crippen molar-refractivity contribution in [2.75, 3.05) is 6.61 Å². The SMILES string of the molecule is CCCC(=O)C(C)(C)CCCOc1ccc2c(c1)C=C(c1nc(C)c[nH]1)C(CCc1ccccc1)O2. The number of carbonyl (C=O) groups is 1. The summed E-state index contributed by atoms with van der Waals surface area (Å²) in [5.41, 5.74) is 4.00. The topological polar surface area (TPSA) is 64.2 Å². The summed E-state index contributed by atoms with van der Waals surface area (Å²) in [5, 5.41) is 0. The number of imidazole rings is 1. The highest BCUT2D eigenvalue weighted by atomic mass is 16.5. The van der Waals surface area contributed by atoms with Crippen LogP contribution >= 0.6 is 0 Å². The average molecular weight is 487 g/mol. The van der Waals surface area contributed by atoms with E-state index in [0.717, 1.165) is 66.3 Å². The number of ketones is 1. The quantitative estimate of drug-likeness (QED) is 0.275. The van der Waals surface area contributed by atoms with E-state index in [1.165, 1.54) is 5.56 Å². The van der Waals surface area contributed by atoms with Crippen LogP contribution in [0.1, 0.15) is 75.5 Å². The lowest BCUT2D eigenvalue weighted by Gasteiger charge is -2.27. The number of nitrogens with zero attached hydrogens (tertiary/aromatic N) is 1. The lowest BCUT2D eigenvalue weighted by Crippen LogP contribution is -2.24. The summed E-state index contributed by atoms with van der Waals surface area (Å²) in [6.07, 6.45) is 9.01. The van der Waals surface area contributed by atoms with E-state index in [1.54, 1.807) is 0 Å². The van der Waals surface area contributed by atoms with Gasteiger partial charge in [-0.1, -0.05) is 51.1 Å². The Hall–Kier alpha value is -3.34. The summed E-state index contributed by atoms with van der Waals surface area (Å²) in [6.45, 7) is 8.70. The molecule has 36 heavy (non-hydrogen) atoms. The average Bonchev–Trinajstić information content (AvgIpc) is 3.31. The van der Waals surface area contributed by atoms with Gasteiger partial charge in [0.1, 0.15) is 29.2 Å². The molecule has 0 amide bonds. The van der Waals surface area contributed by atoms with Gasteiger partial charge in [0.05, 0.1) is 12.3 Å². The first-order valence-electron chi connectivity index (χ1n) is 13.1. The Morgan fingerprint density at radius 1 is 1.17 bits per heavy atom. The number of aromatic nitrogens is 2. The Morgan fingerprint density at radius 3 is 2.69 bits per heavy atom. The van der Waals surface area contributed by atoms with E-state index in [1.807, 2.05) is 51.2 Å². The molecule has 0 saturated carbocycles. The van der Waals surface area contributed by atoms with E-state index in [4.69, 9.17) is 9.47 Å². The van der Waals surface area contributed by atoms with Crippen LogP contribution in [0.5, 0.6) is 11.5 Å². The molecule has 2 heterocycles. The highest BCUT2D eigenvalue weighted by Crippen LogP contribution is 2.37.